The Balaban J connectivity index is 5.22. The molecule has 0 rings (SSSR count). The fourth-order valence-electron chi connectivity index (χ4n) is 11.6. The zero-order valence-corrected chi connectivity index (χ0v) is 63.8. The van der Waals surface area contributed by atoms with Crippen molar-refractivity contribution in [1.82, 2.24) is 0 Å². The number of carbonyl (C=O) groups is 4. The van der Waals surface area contributed by atoms with Crippen LogP contribution in [0.4, 0.5) is 0 Å². The van der Waals surface area contributed by atoms with Crippen LogP contribution in [-0.2, 0) is 65.4 Å². The van der Waals surface area contributed by atoms with Gasteiger partial charge >= 0.3 is 39.5 Å². The molecule has 3 unspecified atom stereocenters. The van der Waals surface area contributed by atoms with Gasteiger partial charge in [0.15, 0.2) is 12.2 Å². The molecule has 17 nitrogen and oxygen atoms in total. The number of hydrogen-bond donors (Lipinski definition) is 3. The van der Waals surface area contributed by atoms with Gasteiger partial charge in [0.2, 0.25) is 0 Å². The van der Waals surface area contributed by atoms with E-state index in [0.717, 1.165) is 108 Å². The fourth-order valence-corrected chi connectivity index (χ4v) is 13.2. The number of phosphoric ester groups is 2. The minimum atomic E-state index is -4.96. The van der Waals surface area contributed by atoms with E-state index in [2.05, 4.69) is 41.5 Å². The van der Waals surface area contributed by atoms with Crippen LogP contribution in [0.5, 0.6) is 0 Å². The second kappa shape index (κ2) is 67.9. The first kappa shape index (κ1) is 93.1. The molecule has 0 amide bonds. The third-order valence-corrected chi connectivity index (χ3v) is 20.0. The Hall–Kier alpha value is -1.94. The van der Waals surface area contributed by atoms with Crippen molar-refractivity contribution in [2.45, 2.75) is 413 Å². The first-order chi connectivity index (χ1) is 45.9. The van der Waals surface area contributed by atoms with Crippen molar-refractivity contribution in [3.8, 4) is 0 Å². The van der Waals surface area contributed by atoms with Crippen LogP contribution in [0.1, 0.15) is 395 Å². The number of carbonyl (C=O) groups excluding carboxylic acids is 4. The molecular formula is C76H148O17P2. The van der Waals surface area contributed by atoms with Crippen LogP contribution in [0.15, 0.2) is 0 Å². The zero-order valence-electron chi connectivity index (χ0n) is 62.0. The predicted molar refractivity (Wildman–Crippen MR) is 386 cm³/mol. The number of phosphoric acid groups is 2. The van der Waals surface area contributed by atoms with E-state index in [0.29, 0.717) is 25.7 Å². The molecule has 3 N–H and O–H groups in total. The monoisotopic (exact) mass is 1400 g/mol. The second-order valence-corrected chi connectivity index (χ2v) is 31.0. The Morgan fingerprint density at radius 3 is 0.800 bits per heavy atom. The van der Waals surface area contributed by atoms with Crippen molar-refractivity contribution >= 4 is 39.5 Å². The molecule has 0 bridgehead atoms. The van der Waals surface area contributed by atoms with Crippen molar-refractivity contribution in [2.24, 2.45) is 11.8 Å². The number of hydrogen-bond acceptors (Lipinski definition) is 15. The number of aliphatic hydroxyl groups excluding tert-OH is 1. The van der Waals surface area contributed by atoms with Crippen molar-refractivity contribution < 1.29 is 80.2 Å². The third kappa shape index (κ3) is 69.0. The molecule has 0 aromatic carbocycles. The maximum atomic E-state index is 13.1. The zero-order chi connectivity index (χ0) is 70.0. The third-order valence-electron chi connectivity index (χ3n) is 18.1. The first-order valence-electron chi connectivity index (χ1n) is 39.5. The van der Waals surface area contributed by atoms with Crippen molar-refractivity contribution in [2.75, 3.05) is 39.6 Å². The van der Waals surface area contributed by atoms with Crippen LogP contribution in [0, 0.1) is 11.8 Å². The molecule has 0 spiro atoms. The molecular weight excluding hydrogens is 1250 g/mol. The Bertz CT molecular complexity index is 1840. The highest BCUT2D eigenvalue weighted by Gasteiger charge is 2.30. The van der Waals surface area contributed by atoms with Crippen LogP contribution in [0.25, 0.3) is 0 Å². The summed E-state index contributed by atoms with van der Waals surface area (Å²) in [7, 11) is -9.91. The van der Waals surface area contributed by atoms with Gasteiger partial charge in [-0.1, -0.05) is 343 Å². The van der Waals surface area contributed by atoms with E-state index < -0.39 is 97.5 Å². The lowest BCUT2D eigenvalue weighted by Crippen LogP contribution is -2.30. The summed E-state index contributed by atoms with van der Waals surface area (Å²) in [5.74, 6) is -0.650. The highest BCUT2D eigenvalue weighted by Crippen LogP contribution is 2.45. The smallest absolute Gasteiger partial charge is 0.462 e. The van der Waals surface area contributed by atoms with Gasteiger partial charge in [0, 0.05) is 25.7 Å². The van der Waals surface area contributed by atoms with E-state index in [1.807, 2.05) is 0 Å². The van der Waals surface area contributed by atoms with Gasteiger partial charge in [-0.2, -0.15) is 0 Å². The molecule has 19 heteroatoms. The summed E-state index contributed by atoms with van der Waals surface area (Å²) < 4.78 is 68.5. The molecule has 0 aliphatic heterocycles. The highest BCUT2D eigenvalue weighted by atomic mass is 31.2. The molecule has 0 radical (unpaired) electrons. The average Bonchev–Trinajstić information content (AvgIpc) is 1.49. The lowest BCUT2D eigenvalue weighted by atomic mass is 10.00. The lowest BCUT2D eigenvalue weighted by Gasteiger charge is -2.21. The van der Waals surface area contributed by atoms with Crippen LogP contribution in [-0.4, -0.2) is 96.7 Å². The second-order valence-electron chi connectivity index (χ2n) is 28.1. The molecule has 6 atom stereocenters. The summed E-state index contributed by atoms with van der Waals surface area (Å²) in [5.41, 5.74) is 0. The van der Waals surface area contributed by atoms with Crippen LogP contribution < -0.4 is 0 Å². The number of unbranched alkanes of at least 4 members (excludes halogenated alkanes) is 44. The normalized spacial score (nSPS) is 14.3. The molecule has 0 aromatic rings. The summed E-state index contributed by atoms with van der Waals surface area (Å²) >= 11 is 0. The SMILES string of the molecule is CCCCCCCCCCCCCCCCCCCCCCC(=O)O[C@H](COC(=O)CCCCCCCCCCCCCCC)COP(=O)(O)OC[C@@H](O)COP(=O)(O)OC[C@@H](COC(=O)CCCCCCCCC(C)CC)OC(=O)CCCCCCCCCCCC(C)C. The van der Waals surface area contributed by atoms with E-state index in [1.165, 1.54) is 205 Å². The molecule has 0 heterocycles. The van der Waals surface area contributed by atoms with Crippen LogP contribution in [0.2, 0.25) is 0 Å². The van der Waals surface area contributed by atoms with Gasteiger partial charge in [0.05, 0.1) is 26.4 Å². The van der Waals surface area contributed by atoms with E-state index in [4.69, 9.17) is 37.0 Å². The fraction of sp³-hybridized carbons (Fsp3) is 0.947. The average molecular weight is 1400 g/mol. The summed E-state index contributed by atoms with van der Waals surface area (Å²) in [6.45, 7) is 9.53. The van der Waals surface area contributed by atoms with Gasteiger partial charge in [-0.05, 0) is 37.5 Å². The quantitative estimate of drug-likeness (QED) is 0.0222. The summed E-state index contributed by atoms with van der Waals surface area (Å²) in [5, 5.41) is 10.6. The molecule has 564 valence electrons. The summed E-state index contributed by atoms with van der Waals surface area (Å²) in [6.07, 6.45) is 55.6. The molecule has 95 heavy (non-hydrogen) atoms. The van der Waals surface area contributed by atoms with Gasteiger partial charge in [-0.15, -0.1) is 0 Å². The number of ether oxygens (including phenoxy) is 4. The van der Waals surface area contributed by atoms with Crippen LogP contribution >= 0.6 is 15.6 Å². The Morgan fingerprint density at radius 1 is 0.305 bits per heavy atom. The minimum Gasteiger partial charge on any atom is -0.462 e. The van der Waals surface area contributed by atoms with Crippen molar-refractivity contribution in [3.63, 3.8) is 0 Å². The largest absolute Gasteiger partial charge is 0.472 e. The standard InChI is InChI=1S/C76H148O17P2/c1-7-10-12-14-16-18-20-22-23-24-25-26-27-28-30-32-36-40-48-54-60-75(80)92-71(64-86-73(78)58-52-46-39-35-31-29-21-19-17-15-13-11-8-2)66-90-94(82,83)88-62-70(77)63-89-95(84,85)91-67-72(65-87-74(79)59-53-47-43-42-45-51-57-69(6)9-3)93-76(81)61-55-49-41-37-33-34-38-44-50-56-68(4)5/h68-72,77H,7-67H2,1-6H3,(H,82,83)(H,84,85)/t69?,70-,71-,72-/m1/s1. The van der Waals surface area contributed by atoms with Gasteiger partial charge in [-0.25, -0.2) is 9.13 Å². The minimum absolute atomic E-state index is 0.105. The topological polar surface area (TPSA) is 237 Å². The number of esters is 4. The van der Waals surface area contributed by atoms with E-state index >= 15 is 0 Å². The predicted octanol–water partition coefficient (Wildman–Crippen LogP) is 22.3. The van der Waals surface area contributed by atoms with E-state index in [9.17, 15) is 43.2 Å². The van der Waals surface area contributed by atoms with Crippen LogP contribution in [0.3, 0.4) is 0 Å². The first-order valence-corrected chi connectivity index (χ1v) is 42.5. The molecule has 0 aliphatic rings. The lowest BCUT2D eigenvalue weighted by molar-refractivity contribution is -0.161. The molecule has 0 saturated carbocycles. The van der Waals surface area contributed by atoms with Gasteiger partial charge in [-0.3, -0.25) is 37.3 Å². The molecule has 0 aliphatic carbocycles. The Kier molecular flexibility index (Phi) is 66.5. The maximum absolute atomic E-state index is 13.1. The van der Waals surface area contributed by atoms with E-state index in [-0.39, 0.29) is 25.7 Å². The highest BCUT2D eigenvalue weighted by molar-refractivity contribution is 7.47. The summed E-state index contributed by atoms with van der Waals surface area (Å²) in [6, 6.07) is 0. The van der Waals surface area contributed by atoms with Crippen molar-refractivity contribution in [1.29, 1.82) is 0 Å². The maximum Gasteiger partial charge on any atom is 0.472 e. The number of rotatable bonds is 75. The summed E-state index contributed by atoms with van der Waals surface area (Å²) in [4.78, 5) is 72.8. The van der Waals surface area contributed by atoms with Crippen molar-refractivity contribution in [3.05, 3.63) is 0 Å². The molecule has 0 aromatic heterocycles. The number of aliphatic hydroxyl groups is 1. The Morgan fingerprint density at radius 2 is 0.537 bits per heavy atom. The molecule has 0 saturated heterocycles. The molecule has 0 fully saturated rings. The van der Waals surface area contributed by atoms with Gasteiger partial charge in [0.25, 0.3) is 0 Å². The van der Waals surface area contributed by atoms with Gasteiger partial charge in [0.1, 0.15) is 19.3 Å². The Labute approximate surface area is 581 Å². The van der Waals surface area contributed by atoms with E-state index in [1.54, 1.807) is 0 Å². The van der Waals surface area contributed by atoms with Gasteiger partial charge < -0.3 is 33.8 Å².